The number of sulfonamides is 1. The van der Waals surface area contributed by atoms with Crippen LogP contribution in [0.5, 0.6) is 0 Å². The monoisotopic (exact) mass is 268 g/mol. The van der Waals surface area contributed by atoms with Gasteiger partial charge in [0.15, 0.2) is 0 Å². The zero-order valence-electron chi connectivity index (χ0n) is 10.8. The first-order valence-electron chi connectivity index (χ1n) is 6.25. The first kappa shape index (κ1) is 13.5. The summed E-state index contributed by atoms with van der Waals surface area (Å²) in [7, 11) is -3.62. The molecular formula is C13H20N2O2S. The van der Waals surface area contributed by atoms with Crippen LogP contribution in [-0.4, -0.2) is 14.5 Å². The number of nitrogens with one attached hydrogen (secondary N) is 1. The first-order chi connectivity index (χ1) is 8.36. The molecule has 1 aromatic carbocycles. The van der Waals surface area contributed by atoms with Crippen LogP contribution in [0, 0.1) is 5.92 Å². The molecule has 0 saturated heterocycles. The second kappa shape index (κ2) is 4.99. The summed E-state index contributed by atoms with van der Waals surface area (Å²) in [6.07, 6.45) is 2.39. The minimum Gasteiger partial charge on any atom is -0.307 e. The first-order valence-corrected chi connectivity index (χ1v) is 7.79. The molecule has 0 spiro atoms. The van der Waals surface area contributed by atoms with Gasteiger partial charge in [0, 0.05) is 12.1 Å². The predicted octanol–water partition coefficient (Wildman–Crippen LogP) is 1.78. The molecule has 0 bridgehead atoms. The third kappa shape index (κ3) is 3.10. The average molecular weight is 268 g/mol. The second-order valence-electron chi connectivity index (χ2n) is 5.28. The van der Waals surface area contributed by atoms with Gasteiger partial charge in [-0.3, -0.25) is 0 Å². The third-order valence-electron chi connectivity index (χ3n) is 3.55. The topological polar surface area (TPSA) is 72.2 Å². The van der Waals surface area contributed by atoms with Crippen molar-refractivity contribution in [3.63, 3.8) is 0 Å². The van der Waals surface area contributed by atoms with E-state index in [1.807, 2.05) is 13.0 Å². The zero-order valence-corrected chi connectivity index (χ0v) is 11.6. The largest absolute Gasteiger partial charge is 0.307 e. The van der Waals surface area contributed by atoms with Crippen LogP contribution in [0.2, 0.25) is 0 Å². The van der Waals surface area contributed by atoms with Crippen LogP contribution in [0.25, 0.3) is 0 Å². The summed E-state index contributed by atoms with van der Waals surface area (Å²) < 4.78 is 22.6. The van der Waals surface area contributed by atoms with E-state index in [1.54, 1.807) is 12.1 Å². The molecule has 1 aromatic rings. The van der Waals surface area contributed by atoms with E-state index in [2.05, 4.69) is 12.2 Å². The fourth-order valence-electron chi connectivity index (χ4n) is 2.45. The fourth-order valence-corrected chi connectivity index (χ4v) is 3.02. The number of benzene rings is 1. The fraction of sp³-hybridized carbons (Fsp3) is 0.538. The molecule has 1 aliphatic rings. The van der Waals surface area contributed by atoms with Crippen LogP contribution >= 0.6 is 0 Å². The highest BCUT2D eigenvalue weighted by Crippen LogP contribution is 2.29. The lowest BCUT2D eigenvalue weighted by molar-refractivity contribution is 0.226. The Hall–Kier alpha value is -0.910. The molecule has 1 fully saturated rings. The van der Waals surface area contributed by atoms with Gasteiger partial charge in [0.05, 0.1) is 4.90 Å². The summed E-state index contributed by atoms with van der Waals surface area (Å²) in [6, 6.07) is 7.52. The highest BCUT2D eigenvalue weighted by molar-refractivity contribution is 7.89. The molecule has 4 nitrogen and oxygen atoms in total. The highest BCUT2D eigenvalue weighted by atomic mass is 32.2. The Kier molecular flexibility index (Phi) is 3.75. The maximum atomic E-state index is 11.3. The number of hydrogen-bond acceptors (Lipinski definition) is 3. The summed E-state index contributed by atoms with van der Waals surface area (Å²) in [5, 5.41) is 8.64. The standard InChI is InChI=1S/C13H20N2O2S/c1-9-6-12(7-9)15-10(2)11-4-3-5-13(8-11)18(14,16)17/h3-5,8-10,12,15H,6-7H2,1-2H3,(H2,14,16,17). The maximum Gasteiger partial charge on any atom is 0.238 e. The van der Waals surface area contributed by atoms with Gasteiger partial charge in [-0.2, -0.15) is 0 Å². The lowest BCUT2D eigenvalue weighted by Crippen LogP contribution is -2.41. The molecule has 1 unspecified atom stereocenters. The Morgan fingerprint density at radius 2 is 2.06 bits per heavy atom. The van der Waals surface area contributed by atoms with Crippen molar-refractivity contribution in [2.75, 3.05) is 0 Å². The Labute approximate surface area is 109 Å². The maximum absolute atomic E-state index is 11.3. The summed E-state index contributed by atoms with van der Waals surface area (Å²) >= 11 is 0. The SMILES string of the molecule is CC1CC(NC(C)c2cccc(S(N)(=O)=O)c2)C1. The number of rotatable bonds is 4. The van der Waals surface area contributed by atoms with Crippen LogP contribution < -0.4 is 10.5 Å². The van der Waals surface area contributed by atoms with Gasteiger partial charge in [0.1, 0.15) is 0 Å². The van der Waals surface area contributed by atoms with E-state index < -0.39 is 10.0 Å². The van der Waals surface area contributed by atoms with Gasteiger partial charge in [-0.15, -0.1) is 0 Å². The van der Waals surface area contributed by atoms with E-state index in [4.69, 9.17) is 5.14 Å². The van der Waals surface area contributed by atoms with Gasteiger partial charge in [-0.05, 0) is 43.4 Å². The van der Waals surface area contributed by atoms with Gasteiger partial charge < -0.3 is 5.32 Å². The molecule has 0 aliphatic heterocycles. The minimum atomic E-state index is -3.62. The molecule has 5 heteroatoms. The third-order valence-corrected chi connectivity index (χ3v) is 4.46. The van der Waals surface area contributed by atoms with Crippen LogP contribution in [0.3, 0.4) is 0 Å². The molecule has 0 heterocycles. The lowest BCUT2D eigenvalue weighted by atomic mass is 9.81. The summed E-state index contributed by atoms with van der Waals surface area (Å²) in [5.74, 6) is 0.797. The highest BCUT2D eigenvalue weighted by Gasteiger charge is 2.26. The number of hydrogen-bond donors (Lipinski definition) is 2. The average Bonchev–Trinajstić information content (AvgIpc) is 2.26. The molecule has 0 amide bonds. The molecule has 100 valence electrons. The van der Waals surface area contributed by atoms with Crippen molar-refractivity contribution in [3.05, 3.63) is 29.8 Å². The molecule has 1 atom stereocenters. The Bertz CT molecular complexity index is 522. The molecule has 18 heavy (non-hydrogen) atoms. The molecule has 1 aliphatic carbocycles. The van der Waals surface area contributed by atoms with E-state index in [0.717, 1.165) is 11.5 Å². The normalized spacial score (nSPS) is 25.5. The molecule has 2 rings (SSSR count). The van der Waals surface area contributed by atoms with Gasteiger partial charge >= 0.3 is 0 Å². The van der Waals surface area contributed by atoms with Crippen molar-refractivity contribution in [2.24, 2.45) is 11.1 Å². The lowest BCUT2D eigenvalue weighted by Gasteiger charge is -2.35. The van der Waals surface area contributed by atoms with E-state index in [-0.39, 0.29) is 10.9 Å². The zero-order chi connectivity index (χ0) is 13.3. The molecular weight excluding hydrogens is 248 g/mol. The van der Waals surface area contributed by atoms with Crippen molar-refractivity contribution in [3.8, 4) is 0 Å². The van der Waals surface area contributed by atoms with Crippen LogP contribution in [0.15, 0.2) is 29.2 Å². The van der Waals surface area contributed by atoms with Gasteiger partial charge in [0.25, 0.3) is 0 Å². The number of nitrogens with two attached hydrogens (primary N) is 1. The Morgan fingerprint density at radius 1 is 1.39 bits per heavy atom. The summed E-state index contributed by atoms with van der Waals surface area (Å²) in [4.78, 5) is 0.177. The molecule has 0 radical (unpaired) electrons. The minimum absolute atomic E-state index is 0.143. The van der Waals surface area contributed by atoms with Gasteiger partial charge in [-0.25, -0.2) is 13.6 Å². The Balaban J connectivity index is 2.08. The number of primary sulfonamides is 1. The molecule has 1 saturated carbocycles. The molecule has 3 N–H and O–H groups in total. The Morgan fingerprint density at radius 3 is 2.61 bits per heavy atom. The van der Waals surface area contributed by atoms with Crippen molar-refractivity contribution in [2.45, 2.75) is 43.7 Å². The molecule has 0 aromatic heterocycles. The van der Waals surface area contributed by atoms with Crippen molar-refractivity contribution < 1.29 is 8.42 Å². The van der Waals surface area contributed by atoms with Crippen LogP contribution in [0.1, 0.15) is 38.3 Å². The van der Waals surface area contributed by atoms with E-state index in [1.165, 1.54) is 18.9 Å². The predicted molar refractivity (Wildman–Crippen MR) is 71.6 cm³/mol. The summed E-state index contributed by atoms with van der Waals surface area (Å²) in [5.41, 5.74) is 0.959. The summed E-state index contributed by atoms with van der Waals surface area (Å²) in [6.45, 7) is 4.29. The van der Waals surface area contributed by atoms with Crippen molar-refractivity contribution in [1.82, 2.24) is 5.32 Å². The van der Waals surface area contributed by atoms with Gasteiger partial charge in [0.2, 0.25) is 10.0 Å². The van der Waals surface area contributed by atoms with Crippen molar-refractivity contribution in [1.29, 1.82) is 0 Å². The van der Waals surface area contributed by atoms with E-state index in [0.29, 0.717) is 6.04 Å². The second-order valence-corrected chi connectivity index (χ2v) is 6.84. The van der Waals surface area contributed by atoms with Gasteiger partial charge in [-0.1, -0.05) is 19.1 Å². The smallest absolute Gasteiger partial charge is 0.238 e. The van der Waals surface area contributed by atoms with E-state index >= 15 is 0 Å². The van der Waals surface area contributed by atoms with Crippen LogP contribution in [0.4, 0.5) is 0 Å². The van der Waals surface area contributed by atoms with E-state index in [9.17, 15) is 8.42 Å². The van der Waals surface area contributed by atoms with Crippen molar-refractivity contribution >= 4 is 10.0 Å². The van der Waals surface area contributed by atoms with Crippen LogP contribution in [-0.2, 0) is 10.0 Å². The quantitative estimate of drug-likeness (QED) is 0.874.